The molecule has 1 amide bonds. The number of amides is 1. The Kier molecular flexibility index (Phi) is 5.67. The van der Waals surface area contributed by atoms with E-state index in [4.69, 9.17) is 9.15 Å². The maximum absolute atomic E-state index is 12.8. The highest BCUT2D eigenvalue weighted by atomic mass is 16.5. The smallest absolute Gasteiger partial charge is 0.223 e. The second-order valence-corrected chi connectivity index (χ2v) is 8.29. The summed E-state index contributed by atoms with van der Waals surface area (Å²) in [4.78, 5) is 22.5. The number of H-pyrrole nitrogens is 1. The molecule has 0 bridgehead atoms. The minimum Gasteiger partial charge on any atom is -0.497 e. The molecule has 4 aromatic rings. The number of benzene rings is 2. The number of nitrogens with one attached hydrogen (secondary N) is 1. The highest BCUT2D eigenvalue weighted by molar-refractivity contribution is 5.83. The van der Waals surface area contributed by atoms with Crippen molar-refractivity contribution in [1.29, 1.82) is 0 Å². The second-order valence-electron chi connectivity index (χ2n) is 8.29. The molecule has 1 aliphatic heterocycles. The van der Waals surface area contributed by atoms with Crippen molar-refractivity contribution in [1.82, 2.24) is 14.9 Å². The molecule has 0 radical (unpaired) electrons. The fourth-order valence-electron chi connectivity index (χ4n) is 4.56. The number of piperidine rings is 1. The first-order valence-electron chi connectivity index (χ1n) is 11.1. The number of para-hydroxylation sites is 1. The lowest BCUT2D eigenvalue weighted by molar-refractivity contribution is -0.132. The number of methoxy groups -OCH3 is 1. The first kappa shape index (κ1) is 20.4. The molecule has 1 N–H and O–H groups in total. The zero-order chi connectivity index (χ0) is 21.9. The number of likely N-dealkylation sites (tertiary alicyclic amines) is 1. The lowest BCUT2D eigenvalue weighted by Crippen LogP contribution is -2.38. The zero-order valence-corrected chi connectivity index (χ0v) is 18.2. The Hall–Kier alpha value is -3.54. The van der Waals surface area contributed by atoms with Gasteiger partial charge in [0.25, 0.3) is 0 Å². The van der Waals surface area contributed by atoms with E-state index in [0.29, 0.717) is 30.4 Å². The number of hydrogen-bond donors (Lipinski definition) is 1. The molecule has 2 aromatic carbocycles. The van der Waals surface area contributed by atoms with E-state index < -0.39 is 0 Å². The van der Waals surface area contributed by atoms with Gasteiger partial charge >= 0.3 is 0 Å². The molecule has 164 valence electrons. The van der Waals surface area contributed by atoms with Crippen LogP contribution in [0.5, 0.6) is 5.75 Å². The number of aromatic amines is 1. The molecule has 1 saturated heterocycles. The topological polar surface area (TPSA) is 71.4 Å². The van der Waals surface area contributed by atoms with E-state index in [1.807, 2.05) is 29.2 Å². The number of fused-ring (bicyclic) bond motifs is 1. The van der Waals surface area contributed by atoms with Gasteiger partial charge in [-0.05, 0) is 54.7 Å². The molecule has 32 heavy (non-hydrogen) atoms. The summed E-state index contributed by atoms with van der Waals surface area (Å²) in [5, 5.41) is 1.30. The number of nitrogens with zero attached hydrogens (tertiary/aromatic N) is 2. The van der Waals surface area contributed by atoms with E-state index in [-0.39, 0.29) is 5.91 Å². The van der Waals surface area contributed by atoms with Gasteiger partial charge in [0.15, 0.2) is 11.7 Å². The van der Waals surface area contributed by atoms with Gasteiger partial charge in [0.05, 0.1) is 13.3 Å². The van der Waals surface area contributed by atoms with Gasteiger partial charge in [-0.15, -0.1) is 0 Å². The number of carbonyl (C=O) groups is 1. The van der Waals surface area contributed by atoms with Gasteiger partial charge in [0.2, 0.25) is 5.91 Å². The van der Waals surface area contributed by atoms with Crippen molar-refractivity contribution in [2.45, 2.75) is 31.6 Å². The third-order valence-electron chi connectivity index (χ3n) is 6.39. The van der Waals surface area contributed by atoms with Crippen molar-refractivity contribution in [2.75, 3.05) is 20.2 Å². The van der Waals surface area contributed by atoms with Gasteiger partial charge in [-0.25, -0.2) is 4.98 Å². The third kappa shape index (κ3) is 4.13. The fourth-order valence-corrected chi connectivity index (χ4v) is 4.56. The van der Waals surface area contributed by atoms with Crippen LogP contribution in [0, 0.1) is 0 Å². The summed E-state index contributed by atoms with van der Waals surface area (Å²) in [5.41, 5.74) is 3.50. The summed E-state index contributed by atoms with van der Waals surface area (Å²) in [7, 11) is 1.64. The van der Waals surface area contributed by atoms with Crippen molar-refractivity contribution in [3.8, 4) is 17.1 Å². The first-order chi connectivity index (χ1) is 15.7. The highest BCUT2D eigenvalue weighted by Gasteiger charge is 2.25. The van der Waals surface area contributed by atoms with Gasteiger partial charge < -0.3 is 19.0 Å². The molecule has 0 atom stereocenters. The van der Waals surface area contributed by atoms with Gasteiger partial charge in [-0.2, -0.15) is 0 Å². The Balaban J connectivity index is 1.14. The largest absolute Gasteiger partial charge is 0.497 e. The standard InChI is InChI=1S/C26H27N3O3/c1-31-20-8-6-19(7-9-20)24-17-28-25(32-24)10-11-26(30)29-14-12-18(13-15-29)22-16-27-23-5-3-2-4-21(22)23/h2-9,16-18,27H,10-15H2,1H3. The Bertz CT molecular complexity index is 1200. The first-order valence-corrected chi connectivity index (χ1v) is 11.1. The van der Waals surface area contributed by atoms with Gasteiger partial charge in [-0.3, -0.25) is 4.79 Å². The molecule has 0 saturated carbocycles. The van der Waals surface area contributed by atoms with Crippen LogP contribution in [0.25, 0.3) is 22.2 Å². The third-order valence-corrected chi connectivity index (χ3v) is 6.39. The summed E-state index contributed by atoms with van der Waals surface area (Å²) < 4.78 is 11.1. The average molecular weight is 430 g/mol. The van der Waals surface area contributed by atoms with Gasteiger partial charge in [-0.1, -0.05) is 18.2 Å². The van der Waals surface area contributed by atoms with Crippen molar-refractivity contribution < 1.29 is 13.9 Å². The lowest BCUT2D eigenvalue weighted by Gasteiger charge is -2.32. The summed E-state index contributed by atoms with van der Waals surface area (Å²) in [6.07, 6.45) is 6.77. The monoisotopic (exact) mass is 429 g/mol. The Labute approximate surface area is 187 Å². The van der Waals surface area contributed by atoms with E-state index in [9.17, 15) is 4.79 Å². The molecule has 1 aliphatic rings. The van der Waals surface area contributed by atoms with Crippen molar-refractivity contribution in [3.63, 3.8) is 0 Å². The SMILES string of the molecule is COc1ccc(-c2cnc(CCC(=O)N3CCC(c4c[nH]c5ccccc45)CC3)o2)cc1. The maximum atomic E-state index is 12.8. The van der Waals surface area contributed by atoms with Crippen LogP contribution >= 0.6 is 0 Å². The lowest BCUT2D eigenvalue weighted by atomic mass is 9.89. The molecule has 0 unspecified atom stereocenters. The van der Waals surface area contributed by atoms with Crippen LogP contribution in [-0.2, 0) is 11.2 Å². The number of aromatic nitrogens is 2. The summed E-state index contributed by atoms with van der Waals surface area (Å²) in [6.45, 7) is 1.59. The number of oxazole rings is 1. The number of hydrogen-bond acceptors (Lipinski definition) is 4. The Morgan fingerprint density at radius 2 is 1.94 bits per heavy atom. The number of ether oxygens (including phenoxy) is 1. The Morgan fingerprint density at radius 1 is 1.16 bits per heavy atom. The van der Waals surface area contributed by atoms with Gasteiger partial charge in [0.1, 0.15) is 5.75 Å². The molecule has 0 spiro atoms. The molecule has 3 heterocycles. The van der Waals surface area contributed by atoms with Crippen LogP contribution in [-0.4, -0.2) is 41.0 Å². The maximum Gasteiger partial charge on any atom is 0.223 e. The molecular weight excluding hydrogens is 402 g/mol. The molecule has 0 aliphatic carbocycles. The zero-order valence-electron chi connectivity index (χ0n) is 18.2. The van der Waals surface area contributed by atoms with Crippen molar-refractivity contribution in [2.24, 2.45) is 0 Å². The van der Waals surface area contributed by atoms with Gasteiger partial charge in [0, 0.05) is 48.6 Å². The fraction of sp³-hybridized carbons (Fsp3) is 0.308. The van der Waals surface area contributed by atoms with Crippen LogP contribution in [0.15, 0.2) is 65.3 Å². The normalized spacial score (nSPS) is 14.7. The summed E-state index contributed by atoms with van der Waals surface area (Å²) in [5.74, 6) is 2.76. The van der Waals surface area contributed by atoms with Crippen LogP contribution in [0.4, 0.5) is 0 Å². The van der Waals surface area contributed by atoms with Crippen molar-refractivity contribution in [3.05, 3.63) is 72.4 Å². The van der Waals surface area contributed by atoms with Crippen LogP contribution in [0.1, 0.15) is 36.6 Å². The minimum atomic E-state index is 0.173. The average Bonchev–Trinajstić information content (AvgIpc) is 3.50. The quantitative estimate of drug-likeness (QED) is 0.459. The number of carbonyl (C=O) groups excluding carboxylic acids is 1. The van der Waals surface area contributed by atoms with E-state index in [2.05, 4.69) is 40.4 Å². The van der Waals surface area contributed by atoms with E-state index in [0.717, 1.165) is 37.2 Å². The molecule has 5 rings (SSSR count). The summed E-state index contributed by atoms with van der Waals surface area (Å²) in [6, 6.07) is 16.1. The predicted molar refractivity (Wildman–Crippen MR) is 124 cm³/mol. The molecule has 2 aromatic heterocycles. The molecule has 1 fully saturated rings. The Morgan fingerprint density at radius 3 is 2.72 bits per heavy atom. The predicted octanol–water partition coefficient (Wildman–Crippen LogP) is 5.17. The summed E-state index contributed by atoms with van der Waals surface area (Å²) >= 11 is 0. The molecule has 6 heteroatoms. The molecule has 6 nitrogen and oxygen atoms in total. The van der Waals surface area contributed by atoms with Crippen LogP contribution in [0.2, 0.25) is 0 Å². The number of aryl methyl sites for hydroxylation is 1. The molecular formula is C26H27N3O3. The van der Waals surface area contributed by atoms with E-state index in [1.54, 1.807) is 13.3 Å². The van der Waals surface area contributed by atoms with E-state index in [1.165, 1.54) is 16.5 Å². The van der Waals surface area contributed by atoms with E-state index >= 15 is 0 Å². The van der Waals surface area contributed by atoms with Crippen LogP contribution in [0.3, 0.4) is 0 Å². The van der Waals surface area contributed by atoms with Crippen LogP contribution < -0.4 is 4.74 Å². The minimum absolute atomic E-state index is 0.173. The second kappa shape index (κ2) is 8.91. The van der Waals surface area contributed by atoms with Crippen molar-refractivity contribution >= 4 is 16.8 Å². The highest BCUT2D eigenvalue weighted by Crippen LogP contribution is 2.33. The number of rotatable bonds is 6.